The number of alkyl halides is 2. The summed E-state index contributed by atoms with van der Waals surface area (Å²) in [6, 6.07) is 4.98. The van der Waals surface area contributed by atoms with Crippen LogP contribution in [0, 0.1) is 5.92 Å². The third-order valence-electron chi connectivity index (χ3n) is 3.92. The zero-order chi connectivity index (χ0) is 17.3. The quantitative estimate of drug-likeness (QED) is 0.814. The molecule has 1 saturated heterocycles. The number of aliphatic hydroxyl groups excluding tert-OH is 1. The molecule has 0 radical (unpaired) electrons. The fourth-order valence-corrected chi connectivity index (χ4v) is 2.60. The summed E-state index contributed by atoms with van der Waals surface area (Å²) in [5.74, 6) is -3.93. The fourth-order valence-electron chi connectivity index (χ4n) is 2.60. The third-order valence-corrected chi connectivity index (χ3v) is 3.92. The van der Waals surface area contributed by atoms with E-state index in [1.54, 1.807) is 18.2 Å². The van der Waals surface area contributed by atoms with Crippen LogP contribution in [0.25, 0.3) is 0 Å². The topological polar surface area (TPSA) is 88.1 Å². The van der Waals surface area contributed by atoms with Gasteiger partial charge in [0.15, 0.2) is 11.5 Å². The molecule has 2 heterocycles. The Morgan fingerprint density at radius 3 is 2.88 bits per heavy atom. The summed E-state index contributed by atoms with van der Waals surface area (Å²) < 4.78 is 36.4. The van der Waals surface area contributed by atoms with Gasteiger partial charge in [0.1, 0.15) is 6.61 Å². The molecule has 0 saturated carbocycles. The summed E-state index contributed by atoms with van der Waals surface area (Å²) in [7, 11) is 0. The summed E-state index contributed by atoms with van der Waals surface area (Å²) >= 11 is 0. The molecule has 3 rings (SSSR count). The first-order valence-electron chi connectivity index (χ1n) is 7.36. The minimum Gasteiger partial charge on any atom is -0.454 e. The summed E-state index contributed by atoms with van der Waals surface area (Å²) in [6.45, 7) is -2.11. The molecule has 1 aromatic carbocycles. The Morgan fingerprint density at radius 2 is 2.12 bits per heavy atom. The third kappa shape index (κ3) is 3.25. The van der Waals surface area contributed by atoms with Crippen LogP contribution in [0.1, 0.15) is 6.42 Å². The molecule has 0 aliphatic carbocycles. The van der Waals surface area contributed by atoms with Crippen molar-refractivity contribution in [1.82, 2.24) is 5.32 Å². The van der Waals surface area contributed by atoms with Gasteiger partial charge in [0, 0.05) is 24.7 Å². The van der Waals surface area contributed by atoms with Gasteiger partial charge < -0.3 is 24.8 Å². The first kappa shape index (κ1) is 16.4. The molecule has 2 amide bonds. The van der Waals surface area contributed by atoms with E-state index in [0.717, 1.165) is 0 Å². The Bertz CT molecular complexity index is 667. The van der Waals surface area contributed by atoms with Gasteiger partial charge >= 0.3 is 0 Å². The molecule has 1 atom stereocenters. The largest absolute Gasteiger partial charge is 0.454 e. The molecule has 1 fully saturated rings. The van der Waals surface area contributed by atoms with Crippen molar-refractivity contribution in [2.24, 2.45) is 5.92 Å². The number of benzene rings is 1. The molecule has 1 aromatic rings. The number of aliphatic hydroxyl groups is 1. The maximum atomic E-state index is 13.0. The first-order chi connectivity index (χ1) is 11.4. The van der Waals surface area contributed by atoms with E-state index in [1.807, 2.05) is 0 Å². The van der Waals surface area contributed by atoms with Crippen LogP contribution in [0.2, 0.25) is 0 Å². The zero-order valence-electron chi connectivity index (χ0n) is 12.6. The predicted octanol–water partition coefficient (Wildman–Crippen LogP) is 0.512. The molecular weight excluding hydrogens is 326 g/mol. The zero-order valence-corrected chi connectivity index (χ0v) is 12.6. The molecule has 24 heavy (non-hydrogen) atoms. The molecule has 0 aromatic heterocycles. The maximum absolute atomic E-state index is 13.0. The molecule has 9 heteroatoms. The first-order valence-corrected chi connectivity index (χ1v) is 7.36. The van der Waals surface area contributed by atoms with E-state index in [4.69, 9.17) is 14.6 Å². The average molecular weight is 342 g/mol. The fraction of sp³-hybridized carbons (Fsp3) is 0.467. The maximum Gasteiger partial charge on any atom is 0.287 e. The molecular formula is C15H16F2N2O5. The van der Waals surface area contributed by atoms with Crippen LogP contribution in [0.4, 0.5) is 14.5 Å². The van der Waals surface area contributed by atoms with Gasteiger partial charge in [0.05, 0.1) is 12.5 Å². The number of nitrogens with one attached hydrogen (secondary N) is 1. The van der Waals surface area contributed by atoms with Crippen LogP contribution in [0.5, 0.6) is 11.5 Å². The standard InChI is InChI=1S/C15H16F2N2O5/c16-15(17,7-20)6-18-14(22)9-3-13(21)19(5-9)10-1-2-11-12(4-10)24-8-23-11/h1-2,4,9,20H,3,5-8H2,(H,18,22). The number of carbonyl (C=O) groups is 2. The van der Waals surface area contributed by atoms with Crippen LogP contribution in [0.15, 0.2) is 18.2 Å². The summed E-state index contributed by atoms with van der Waals surface area (Å²) in [4.78, 5) is 25.5. The number of anilines is 1. The average Bonchev–Trinajstić information content (AvgIpc) is 3.18. The number of nitrogens with zero attached hydrogens (tertiary/aromatic N) is 1. The summed E-state index contributed by atoms with van der Waals surface area (Å²) in [5, 5.41) is 10.6. The molecule has 7 nitrogen and oxygen atoms in total. The van der Waals surface area contributed by atoms with Crippen LogP contribution in [-0.4, -0.2) is 49.3 Å². The van der Waals surface area contributed by atoms with Gasteiger partial charge in [-0.1, -0.05) is 0 Å². The number of ether oxygens (including phenoxy) is 2. The van der Waals surface area contributed by atoms with Gasteiger partial charge in [-0.05, 0) is 12.1 Å². The van der Waals surface area contributed by atoms with Crippen molar-refractivity contribution in [3.05, 3.63) is 18.2 Å². The lowest BCUT2D eigenvalue weighted by atomic mass is 10.1. The van der Waals surface area contributed by atoms with Crippen molar-refractivity contribution in [1.29, 1.82) is 0 Å². The van der Waals surface area contributed by atoms with Crippen LogP contribution in [-0.2, 0) is 9.59 Å². The Hall–Kier alpha value is -2.42. The number of fused-ring (bicyclic) bond motifs is 1. The second kappa shape index (κ2) is 6.23. The highest BCUT2D eigenvalue weighted by atomic mass is 19.3. The van der Waals surface area contributed by atoms with Crippen molar-refractivity contribution >= 4 is 17.5 Å². The van der Waals surface area contributed by atoms with Gasteiger partial charge in [0.2, 0.25) is 18.6 Å². The van der Waals surface area contributed by atoms with E-state index in [2.05, 4.69) is 5.32 Å². The lowest BCUT2D eigenvalue weighted by Crippen LogP contribution is -2.42. The second-order valence-electron chi connectivity index (χ2n) is 5.67. The van der Waals surface area contributed by atoms with Gasteiger partial charge in [-0.2, -0.15) is 0 Å². The van der Waals surface area contributed by atoms with Gasteiger partial charge in [0.25, 0.3) is 5.92 Å². The van der Waals surface area contributed by atoms with E-state index >= 15 is 0 Å². The Kier molecular flexibility index (Phi) is 4.27. The Labute approximate surface area is 136 Å². The van der Waals surface area contributed by atoms with Gasteiger partial charge in [-0.25, -0.2) is 8.78 Å². The molecule has 0 spiro atoms. The van der Waals surface area contributed by atoms with Crippen LogP contribution in [0.3, 0.4) is 0 Å². The Balaban J connectivity index is 1.64. The lowest BCUT2D eigenvalue weighted by molar-refractivity contribution is -0.128. The van der Waals surface area contributed by atoms with E-state index in [0.29, 0.717) is 17.2 Å². The van der Waals surface area contributed by atoms with Crippen molar-refractivity contribution in [2.45, 2.75) is 12.3 Å². The van der Waals surface area contributed by atoms with Crippen LogP contribution >= 0.6 is 0 Å². The highest BCUT2D eigenvalue weighted by Crippen LogP contribution is 2.37. The molecule has 1 unspecified atom stereocenters. The van der Waals surface area contributed by atoms with E-state index in [9.17, 15) is 18.4 Å². The van der Waals surface area contributed by atoms with E-state index in [-0.39, 0.29) is 25.7 Å². The highest BCUT2D eigenvalue weighted by molar-refractivity contribution is 6.00. The number of amides is 2. The smallest absolute Gasteiger partial charge is 0.287 e. The molecule has 2 N–H and O–H groups in total. The van der Waals surface area contributed by atoms with Gasteiger partial charge in [-0.15, -0.1) is 0 Å². The number of hydrogen-bond acceptors (Lipinski definition) is 5. The predicted molar refractivity (Wildman–Crippen MR) is 78.1 cm³/mol. The number of hydrogen-bond donors (Lipinski definition) is 2. The summed E-state index contributed by atoms with van der Waals surface area (Å²) in [6.07, 6.45) is -0.0645. The lowest BCUT2D eigenvalue weighted by Gasteiger charge is -2.18. The minimum atomic E-state index is -3.38. The molecule has 130 valence electrons. The number of rotatable bonds is 5. The number of halogens is 2. The highest BCUT2D eigenvalue weighted by Gasteiger charge is 2.37. The van der Waals surface area contributed by atoms with E-state index in [1.165, 1.54) is 4.90 Å². The van der Waals surface area contributed by atoms with Gasteiger partial charge in [-0.3, -0.25) is 9.59 Å². The molecule has 2 aliphatic rings. The SMILES string of the molecule is O=C(NCC(F)(F)CO)C1CC(=O)N(c2ccc3c(c2)OCO3)C1. The van der Waals surface area contributed by atoms with Crippen LogP contribution < -0.4 is 19.7 Å². The number of carbonyl (C=O) groups excluding carboxylic acids is 2. The monoisotopic (exact) mass is 342 g/mol. The van der Waals surface area contributed by atoms with Crippen molar-refractivity contribution in [3.63, 3.8) is 0 Å². The molecule has 2 aliphatic heterocycles. The van der Waals surface area contributed by atoms with E-state index < -0.39 is 30.9 Å². The summed E-state index contributed by atoms with van der Waals surface area (Å²) in [5.41, 5.74) is 0.556. The van der Waals surface area contributed by atoms with Crippen molar-refractivity contribution < 1.29 is 33.0 Å². The van der Waals surface area contributed by atoms with Crippen molar-refractivity contribution in [2.75, 3.05) is 31.4 Å². The minimum absolute atomic E-state index is 0.0645. The normalized spacial score (nSPS) is 19.7. The molecule has 0 bridgehead atoms. The second-order valence-corrected chi connectivity index (χ2v) is 5.67. The Morgan fingerprint density at radius 1 is 1.38 bits per heavy atom. The van der Waals surface area contributed by atoms with Crippen molar-refractivity contribution in [3.8, 4) is 11.5 Å².